The smallest absolute Gasteiger partial charge is 0.258 e. The summed E-state index contributed by atoms with van der Waals surface area (Å²) >= 11 is 6.71. The Morgan fingerprint density at radius 3 is 2.31 bits per heavy atom. The molecule has 6 heteroatoms. The number of aromatic nitrogens is 3. The number of hydrogen-bond acceptors (Lipinski definition) is 3. The maximum absolute atomic E-state index is 13.2. The lowest BCUT2D eigenvalue weighted by Gasteiger charge is -2.12. The minimum absolute atomic E-state index is 0.303. The van der Waals surface area contributed by atoms with Crippen molar-refractivity contribution in [2.45, 2.75) is 6.92 Å². The second-order valence-electron chi connectivity index (χ2n) is 7.38. The summed E-state index contributed by atoms with van der Waals surface area (Å²) in [7, 11) is 0. The van der Waals surface area contributed by atoms with Gasteiger partial charge in [-0.25, -0.2) is 9.67 Å². The number of para-hydroxylation sites is 2. The first-order valence-electron chi connectivity index (χ1n) is 10.2. The third-order valence-electron chi connectivity index (χ3n) is 5.31. The Bertz CT molecular complexity index is 1430. The molecule has 0 spiro atoms. The van der Waals surface area contributed by atoms with Gasteiger partial charge in [0.2, 0.25) is 0 Å². The topological polar surface area (TPSA) is 59.8 Å². The summed E-state index contributed by atoms with van der Waals surface area (Å²) < 4.78 is 1.74. The molecule has 0 aliphatic rings. The van der Waals surface area contributed by atoms with Crippen molar-refractivity contribution in [1.29, 1.82) is 0 Å². The molecule has 3 aromatic carbocycles. The summed E-state index contributed by atoms with van der Waals surface area (Å²) in [6.45, 7) is 1.86. The first kappa shape index (κ1) is 20.0. The molecule has 0 atom stereocenters. The van der Waals surface area contributed by atoms with Crippen LogP contribution in [0.3, 0.4) is 0 Å². The molecule has 0 saturated carbocycles. The molecule has 5 aromatic rings. The average Bonchev–Trinajstić information content (AvgIpc) is 3.18. The first-order valence-corrected chi connectivity index (χ1v) is 10.6. The molecule has 2 aromatic heterocycles. The standard InChI is InChI=1S/C26H19ClN4O/c1-17-23-24(27)21(16-28-25(23)31(30-17)19-12-6-3-7-13-19)26(32)29-22-15-9-8-14-20(22)18-10-4-2-5-11-18/h2-16H,1H3,(H,29,32). The van der Waals surface area contributed by atoms with Crippen molar-refractivity contribution in [3.8, 4) is 16.8 Å². The molecular formula is C26H19ClN4O. The van der Waals surface area contributed by atoms with Gasteiger partial charge in [-0.1, -0.05) is 78.3 Å². The lowest BCUT2D eigenvalue weighted by atomic mass is 10.0. The zero-order valence-electron chi connectivity index (χ0n) is 17.3. The fraction of sp³-hybridized carbons (Fsp3) is 0.0385. The van der Waals surface area contributed by atoms with E-state index in [2.05, 4.69) is 15.4 Å². The van der Waals surface area contributed by atoms with Crippen LogP contribution in [0.25, 0.3) is 27.8 Å². The van der Waals surface area contributed by atoms with Crippen LogP contribution in [0.15, 0.2) is 91.1 Å². The van der Waals surface area contributed by atoms with Crippen LogP contribution in [0, 0.1) is 6.92 Å². The van der Waals surface area contributed by atoms with Gasteiger partial charge in [-0.05, 0) is 30.7 Å². The van der Waals surface area contributed by atoms with Gasteiger partial charge in [-0.3, -0.25) is 4.79 Å². The molecular weight excluding hydrogens is 420 g/mol. The van der Waals surface area contributed by atoms with E-state index in [1.54, 1.807) is 4.68 Å². The number of anilines is 1. The van der Waals surface area contributed by atoms with E-state index in [0.717, 1.165) is 16.8 Å². The highest BCUT2D eigenvalue weighted by Gasteiger charge is 2.20. The molecule has 0 radical (unpaired) electrons. The van der Waals surface area contributed by atoms with Crippen molar-refractivity contribution in [3.63, 3.8) is 0 Å². The lowest BCUT2D eigenvalue weighted by molar-refractivity contribution is 0.102. The van der Waals surface area contributed by atoms with Crippen LogP contribution in [0.5, 0.6) is 0 Å². The summed E-state index contributed by atoms with van der Waals surface area (Å²) in [6.07, 6.45) is 1.51. The van der Waals surface area contributed by atoms with Crippen LogP contribution in [-0.2, 0) is 0 Å². The van der Waals surface area contributed by atoms with Gasteiger partial charge >= 0.3 is 0 Å². The number of carbonyl (C=O) groups excluding carboxylic acids is 1. The Balaban J connectivity index is 1.54. The molecule has 5 rings (SSSR count). The predicted octanol–water partition coefficient (Wildman–Crippen LogP) is 6.30. The summed E-state index contributed by atoms with van der Waals surface area (Å²) in [5.41, 5.74) is 5.15. The molecule has 2 heterocycles. The number of aryl methyl sites for hydroxylation is 1. The van der Waals surface area contributed by atoms with Crippen LogP contribution in [0.2, 0.25) is 5.02 Å². The van der Waals surface area contributed by atoms with Crippen molar-refractivity contribution in [2.24, 2.45) is 0 Å². The number of pyridine rings is 1. The number of amides is 1. The number of nitrogens with one attached hydrogen (secondary N) is 1. The number of carbonyl (C=O) groups is 1. The maximum atomic E-state index is 13.2. The Hall–Kier alpha value is -3.96. The van der Waals surface area contributed by atoms with E-state index in [0.29, 0.717) is 33.0 Å². The van der Waals surface area contributed by atoms with E-state index < -0.39 is 0 Å². The highest BCUT2D eigenvalue weighted by atomic mass is 35.5. The molecule has 5 nitrogen and oxygen atoms in total. The number of fused-ring (bicyclic) bond motifs is 1. The molecule has 0 bridgehead atoms. The van der Waals surface area contributed by atoms with Gasteiger partial charge in [-0.2, -0.15) is 5.10 Å². The predicted molar refractivity (Wildman–Crippen MR) is 128 cm³/mol. The summed E-state index contributed by atoms with van der Waals surface area (Å²) in [5, 5.41) is 8.60. The number of nitrogens with zero attached hydrogens (tertiary/aromatic N) is 3. The van der Waals surface area contributed by atoms with Crippen molar-refractivity contribution >= 4 is 34.2 Å². The normalized spacial score (nSPS) is 10.9. The molecule has 1 amide bonds. The van der Waals surface area contributed by atoms with Crippen LogP contribution < -0.4 is 5.32 Å². The SMILES string of the molecule is Cc1nn(-c2ccccc2)c2ncc(C(=O)Nc3ccccc3-c3ccccc3)c(Cl)c12. The molecule has 0 aliphatic heterocycles. The van der Waals surface area contributed by atoms with E-state index >= 15 is 0 Å². The monoisotopic (exact) mass is 438 g/mol. The zero-order valence-corrected chi connectivity index (χ0v) is 18.0. The second-order valence-corrected chi connectivity index (χ2v) is 7.76. The number of hydrogen-bond donors (Lipinski definition) is 1. The third-order valence-corrected chi connectivity index (χ3v) is 5.71. The Morgan fingerprint density at radius 1 is 0.906 bits per heavy atom. The van der Waals surface area contributed by atoms with E-state index in [1.807, 2.05) is 91.9 Å². The zero-order chi connectivity index (χ0) is 22.1. The van der Waals surface area contributed by atoms with Crippen molar-refractivity contribution in [2.75, 3.05) is 5.32 Å². The van der Waals surface area contributed by atoms with Crippen LogP contribution >= 0.6 is 11.6 Å². The van der Waals surface area contributed by atoms with Gasteiger partial charge in [0.15, 0.2) is 5.65 Å². The van der Waals surface area contributed by atoms with Gasteiger partial charge in [0.25, 0.3) is 5.91 Å². The second kappa shape index (κ2) is 8.29. The van der Waals surface area contributed by atoms with Crippen LogP contribution in [-0.4, -0.2) is 20.7 Å². The summed E-state index contributed by atoms with van der Waals surface area (Å²) in [4.78, 5) is 17.7. The highest BCUT2D eigenvalue weighted by molar-refractivity contribution is 6.39. The molecule has 0 aliphatic carbocycles. The van der Waals surface area contributed by atoms with Crippen molar-refractivity contribution in [1.82, 2.24) is 14.8 Å². The fourth-order valence-electron chi connectivity index (χ4n) is 3.77. The number of benzene rings is 3. The fourth-order valence-corrected chi connectivity index (χ4v) is 4.12. The van der Waals surface area contributed by atoms with E-state index in [-0.39, 0.29) is 5.91 Å². The van der Waals surface area contributed by atoms with E-state index in [1.165, 1.54) is 6.20 Å². The summed E-state index contributed by atoms with van der Waals surface area (Å²) in [6, 6.07) is 27.3. The number of halogens is 1. The Morgan fingerprint density at radius 2 is 1.56 bits per heavy atom. The first-order chi connectivity index (χ1) is 15.6. The molecule has 0 saturated heterocycles. The number of rotatable bonds is 4. The van der Waals surface area contributed by atoms with Crippen LogP contribution in [0.1, 0.15) is 16.1 Å². The average molecular weight is 439 g/mol. The lowest BCUT2D eigenvalue weighted by Crippen LogP contribution is -2.14. The van der Waals surface area contributed by atoms with E-state index in [9.17, 15) is 4.79 Å². The quantitative estimate of drug-likeness (QED) is 0.358. The molecule has 0 unspecified atom stereocenters. The third kappa shape index (κ3) is 3.53. The maximum Gasteiger partial charge on any atom is 0.258 e. The van der Waals surface area contributed by atoms with Gasteiger partial charge < -0.3 is 5.32 Å². The molecule has 1 N–H and O–H groups in total. The largest absolute Gasteiger partial charge is 0.321 e. The Labute approximate surface area is 190 Å². The van der Waals surface area contributed by atoms with Gasteiger partial charge in [-0.15, -0.1) is 0 Å². The van der Waals surface area contributed by atoms with Crippen molar-refractivity contribution < 1.29 is 4.79 Å². The van der Waals surface area contributed by atoms with Crippen LogP contribution in [0.4, 0.5) is 5.69 Å². The Kier molecular flexibility index (Phi) is 5.17. The van der Waals surface area contributed by atoms with E-state index in [4.69, 9.17) is 11.6 Å². The molecule has 32 heavy (non-hydrogen) atoms. The highest BCUT2D eigenvalue weighted by Crippen LogP contribution is 2.32. The van der Waals surface area contributed by atoms with Gasteiger partial charge in [0.1, 0.15) is 0 Å². The minimum atomic E-state index is -0.320. The van der Waals surface area contributed by atoms with Gasteiger partial charge in [0, 0.05) is 17.4 Å². The molecule has 156 valence electrons. The summed E-state index contributed by atoms with van der Waals surface area (Å²) in [5.74, 6) is -0.320. The van der Waals surface area contributed by atoms with Crippen molar-refractivity contribution in [3.05, 3.63) is 107 Å². The minimum Gasteiger partial charge on any atom is -0.321 e. The molecule has 0 fully saturated rings. The van der Waals surface area contributed by atoms with Gasteiger partial charge in [0.05, 0.1) is 27.4 Å².